The van der Waals surface area contributed by atoms with Crippen molar-refractivity contribution in [2.45, 2.75) is 39.5 Å². The normalized spacial score (nSPS) is 11.2. The Morgan fingerprint density at radius 3 is 2.38 bits per heavy atom. The summed E-state index contributed by atoms with van der Waals surface area (Å²) in [5.41, 5.74) is 0. The third kappa shape index (κ3) is 12.0. The molecule has 0 spiro atoms. The summed E-state index contributed by atoms with van der Waals surface area (Å²) in [7, 11) is 2.22. The first-order valence-corrected chi connectivity index (χ1v) is 6.78. The predicted molar refractivity (Wildman–Crippen MR) is 73.1 cm³/mol. The lowest BCUT2D eigenvalue weighted by atomic mass is 10.2. The van der Waals surface area contributed by atoms with E-state index in [2.05, 4.69) is 31.1 Å². The Kier molecular flexibility index (Phi) is 12.9. The lowest BCUT2D eigenvalue weighted by Gasteiger charge is -2.16. The zero-order valence-electron chi connectivity index (χ0n) is 11.4. The number of nitrogens with zero attached hydrogens (tertiary/aromatic N) is 1. The number of unbranched alkanes of at least 4 members (excludes halogenated alkanes) is 2. The monoisotopic (exact) mass is 232 g/mol. The van der Waals surface area contributed by atoms with Gasteiger partial charge in [-0.15, -0.1) is 0 Å². The fraction of sp³-hybridized carbons (Fsp3) is 1.00. The molecular formula is C13H32N2O. The average Bonchev–Trinajstić information content (AvgIpc) is 2.28. The summed E-state index contributed by atoms with van der Waals surface area (Å²) < 4.78 is 5.31. The minimum Gasteiger partial charge on any atom is -0.382 e. The van der Waals surface area contributed by atoms with Crippen molar-refractivity contribution in [3.8, 4) is 0 Å². The first kappa shape index (κ1) is 15.9. The zero-order chi connectivity index (χ0) is 12.1. The van der Waals surface area contributed by atoms with Crippen LogP contribution < -0.4 is 5.32 Å². The van der Waals surface area contributed by atoms with Gasteiger partial charge in [0.05, 0.1) is 0 Å². The van der Waals surface area contributed by atoms with Crippen LogP contribution in [0.1, 0.15) is 41.0 Å². The van der Waals surface area contributed by atoms with E-state index in [1.165, 1.54) is 38.8 Å². The minimum atomic E-state index is 0. The molecule has 0 amide bonds. The van der Waals surface area contributed by atoms with Crippen LogP contribution in [0.25, 0.3) is 0 Å². The van der Waals surface area contributed by atoms with Crippen LogP contribution >= 0.6 is 0 Å². The summed E-state index contributed by atoms with van der Waals surface area (Å²) in [5, 5.41) is 3.35. The maximum Gasteiger partial charge on any atom is 0.0466 e. The highest BCUT2D eigenvalue weighted by Crippen LogP contribution is 1.96. The van der Waals surface area contributed by atoms with Crippen LogP contribution in [0.5, 0.6) is 0 Å². The first-order valence-electron chi connectivity index (χ1n) is 6.78. The highest BCUT2D eigenvalue weighted by molar-refractivity contribution is 4.54. The lowest BCUT2D eigenvalue weighted by molar-refractivity contribution is 0.140. The van der Waals surface area contributed by atoms with Gasteiger partial charge in [-0.05, 0) is 65.8 Å². The molecule has 0 aliphatic rings. The molecule has 0 aromatic heterocycles. The quantitative estimate of drug-likeness (QED) is 0.523. The van der Waals surface area contributed by atoms with Crippen LogP contribution in [0.3, 0.4) is 0 Å². The number of nitrogens with one attached hydrogen (secondary N) is 1. The molecule has 0 rings (SSSR count). The van der Waals surface area contributed by atoms with Crippen molar-refractivity contribution < 1.29 is 6.16 Å². The summed E-state index contributed by atoms with van der Waals surface area (Å²) >= 11 is 0. The van der Waals surface area contributed by atoms with Crippen LogP contribution in [0.4, 0.5) is 0 Å². The Morgan fingerprint density at radius 1 is 1.06 bits per heavy atom. The molecule has 3 heteroatoms. The molecule has 0 saturated heterocycles. The predicted octanol–water partition coefficient (Wildman–Crippen LogP) is 2.37. The molecule has 0 heterocycles. The van der Waals surface area contributed by atoms with Gasteiger partial charge in [-0.25, -0.2) is 0 Å². The van der Waals surface area contributed by atoms with Crippen molar-refractivity contribution in [2.75, 3.05) is 46.4 Å². The number of hydrogen-bond donors (Lipinski definition) is 1. The second-order valence-electron chi connectivity index (χ2n) is 4.27. The van der Waals surface area contributed by atoms with Gasteiger partial charge in [-0.3, -0.25) is 0 Å². The molecule has 0 bridgehead atoms. The maximum absolute atomic E-state index is 5.31. The van der Waals surface area contributed by atoms with Gasteiger partial charge < -0.3 is 15.0 Å². The van der Waals surface area contributed by atoms with E-state index in [0.717, 1.165) is 26.3 Å². The van der Waals surface area contributed by atoms with Crippen molar-refractivity contribution >= 4 is 0 Å². The third-order valence-corrected chi connectivity index (χ3v) is 2.68. The fourth-order valence-corrected chi connectivity index (χ4v) is 1.65. The van der Waals surface area contributed by atoms with E-state index >= 15 is 0 Å². The Bertz CT molecular complexity index is 123. The van der Waals surface area contributed by atoms with E-state index in [9.17, 15) is 0 Å². The molecular weight excluding hydrogens is 200 g/mol. The zero-order valence-corrected chi connectivity index (χ0v) is 11.4. The van der Waals surface area contributed by atoms with Gasteiger partial charge in [-0.2, -0.15) is 0 Å². The van der Waals surface area contributed by atoms with Crippen LogP contribution in [0.15, 0.2) is 0 Å². The molecule has 100 valence electrons. The summed E-state index contributed by atoms with van der Waals surface area (Å²) in [6.07, 6.45) is 5.03. The van der Waals surface area contributed by atoms with E-state index in [4.69, 9.17) is 4.74 Å². The van der Waals surface area contributed by atoms with Crippen molar-refractivity contribution in [3.05, 3.63) is 0 Å². The molecule has 0 aliphatic heterocycles. The molecule has 0 aliphatic carbocycles. The van der Waals surface area contributed by atoms with Gasteiger partial charge in [-0.1, -0.05) is 6.92 Å². The Hall–Kier alpha value is -0.120. The second kappa shape index (κ2) is 12.9. The Morgan fingerprint density at radius 2 is 1.75 bits per heavy atom. The topological polar surface area (TPSA) is 24.5 Å². The van der Waals surface area contributed by atoms with Crippen LogP contribution in [0, 0.1) is 0 Å². The second-order valence-corrected chi connectivity index (χ2v) is 4.27. The molecule has 0 aromatic rings. The number of rotatable bonds is 12. The largest absolute Gasteiger partial charge is 0.382 e. The molecule has 0 atom stereocenters. The van der Waals surface area contributed by atoms with Gasteiger partial charge in [0.25, 0.3) is 0 Å². The number of hydrogen-bond acceptors (Lipinski definition) is 3. The van der Waals surface area contributed by atoms with Crippen molar-refractivity contribution in [1.29, 1.82) is 0 Å². The van der Waals surface area contributed by atoms with Crippen LogP contribution in [-0.4, -0.2) is 51.3 Å². The maximum atomic E-state index is 5.31. The highest BCUT2D eigenvalue weighted by atomic mass is 16.5. The molecule has 0 unspecified atom stereocenters. The van der Waals surface area contributed by atoms with E-state index < -0.39 is 0 Å². The lowest BCUT2D eigenvalue weighted by Crippen LogP contribution is -2.22. The smallest absolute Gasteiger partial charge is 0.0466 e. The summed E-state index contributed by atoms with van der Waals surface area (Å²) in [6.45, 7) is 10.7. The SMILES string of the molecule is CCNCCCCN(C)CCCCOCC.[HH]. The van der Waals surface area contributed by atoms with E-state index in [1.807, 2.05) is 0 Å². The van der Waals surface area contributed by atoms with Crippen LogP contribution in [-0.2, 0) is 4.74 Å². The summed E-state index contributed by atoms with van der Waals surface area (Å²) in [6, 6.07) is 0. The Labute approximate surface area is 103 Å². The summed E-state index contributed by atoms with van der Waals surface area (Å²) in [5.74, 6) is 0. The highest BCUT2D eigenvalue weighted by Gasteiger charge is 1.97. The van der Waals surface area contributed by atoms with Gasteiger partial charge in [0.2, 0.25) is 0 Å². The van der Waals surface area contributed by atoms with Crippen molar-refractivity contribution in [2.24, 2.45) is 0 Å². The molecule has 16 heavy (non-hydrogen) atoms. The van der Waals surface area contributed by atoms with Crippen molar-refractivity contribution in [1.82, 2.24) is 10.2 Å². The fourth-order valence-electron chi connectivity index (χ4n) is 1.65. The molecule has 0 saturated carbocycles. The molecule has 0 fully saturated rings. The molecule has 0 aromatic carbocycles. The minimum absolute atomic E-state index is 0. The van der Waals surface area contributed by atoms with Gasteiger partial charge in [0.1, 0.15) is 0 Å². The van der Waals surface area contributed by atoms with Crippen LogP contribution in [0.2, 0.25) is 0 Å². The standard InChI is InChI=1S/C13H30N2O.H2/c1-4-14-10-6-7-11-15(3)12-8-9-13-16-5-2;/h14H,4-13H2,1-3H3;1H. The van der Waals surface area contributed by atoms with Gasteiger partial charge >= 0.3 is 0 Å². The third-order valence-electron chi connectivity index (χ3n) is 2.68. The number of ether oxygens (including phenoxy) is 1. The first-order chi connectivity index (χ1) is 7.81. The molecule has 3 nitrogen and oxygen atoms in total. The average molecular weight is 232 g/mol. The molecule has 1 N–H and O–H groups in total. The van der Waals surface area contributed by atoms with Gasteiger partial charge in [0, 0.05) is 14.6 Å². The van der Waals surface area contributed by atoms with Crippen molar-refractivity contribution in [3.63, 3.8) is 0 Å². The van der Waals surface area contributed by atoms with Gasteiger partial charge in [0.15, 0.2) is 0 Å². The Balaban J connectivity index is 0. The van der Waals surface area contributed by atoms with E-state index in [1.54, 1.807) is 0 Å². The van der Waals surface area contributed by atoms with E-state index in [-0.39, 0.29) is 1.43 Å². The van der Waals surface area contributed by atoms with E-state index in [0.29, 0.717) is 0 Å². The molecule has 0 radical (unpaired) electrons. The summed E-state index contributed by atoms with van der Waals surface area (Å²) in [4.78, 5) is 2.43.